The topological polar surface area (TPSA) is 64.7 Å². The largest absolute Gasteiger partial charge is 0.359 e. The number of piperazine rings is 1. The van der Waals surface area contributed by atoms with Gasteiger partial charge in [-0.2, -0.15) is 0 Å². The predicted molar refractivity (Wildman–Crippen MR) is 70.2 cm³/mol. The van der Waals surface area contributed by atoms with Crippen LogP contribution in [0.4, 0.5) is 0 Å². The minimum Gasteiger partial charge on any atom is -0.359 e. The maximum Gasteiger partial charge on any atom is 0.238 e. The average Bonchev–Trinajstić information content (AvgIpc) is 2.33. The highest BCUT2D eigenvalue weighted by Gasteiger charge is 2.31. The van der Waals surface area contributed by atoms with Gasteiger partial charge in [0.2, 0.25) is 11.8 Å². The molecule has 6 heteroatoms. The Kier molecular flexibility index (Phi) is 5.55. The van der Waals surface area contributed by atoms with Crippen molar-refractivity contribution in [2.24, 2.45) is 0 Å². The molecule has 6 nitrogen and oxygen atoms in total. The summed E-state index contributed by atoms with van der Waals surface area (Å²) in [7, 11) is 5.59. The van der Waals surface area contributed by atoms with Crippen molar-refractivity contribution < 1.29 is 9.59 Å². The lowest BCUT2D eigenvalue weighted by molar-refractivity contribution is -0.128. The molecule has 0 radical (unpaired) electrons. The number of carbonyl (C=O) groups excluding carboxylic acids is 2. The second-order valence-electron chi connectivity index (χ2n) is 4.96. The Morgan fingerprint density at radius 1 is 1.22 bits per heavy atom. The van der Waals surface area contributed by atoms with E-state index in [2.05, 4.69) is 27.4 Å². The van der Waals surface area contributed by atoms with Gasteiger partial charge in [-0.15, -0.1) is 0 Å². The summed E-state index contributed by atoms with van der Waals surface area (Å²) in [5, 5.41) is 5.35. The minimum atomic E-state index is -0.129. The van der Waals surface area contributed by atoms with E-state index in [1.54, 1.807) is 7.05 Å². The van der Waals surface area contributed by atoms with Crippen LogP contribution >= 0.6 is 0 Å². The molecule has 1 aliphatic heterocycles. The van der Waals surface area contributed by atoms with Gasteiger partial charge in [0.05, 0.1) is 0 Å². The van der Waals surface area contributed by atoms with E-state index >= 15 is 0 Å². The van der Waals surface area contributed by atoms with E-state index < -0.39 is 0 Å². The Bertz CT molecular complexity index is 308. The van der Waals surface area contributed by atoms with Crippen LogP contribution in [0.1, 0.15) is 13.3 Å². The van der Waals surface area contributed by atoms with E-state index in [-0.39, 0.29) is 17.9 Å². The number of hydrogen-bond donors (Lipinski definition) is 2. The third kappa shape index (κ3) is 3.96. The van der Waals surface area contributed by atoms with Crippen molar-refractivity contribution in [1.82, 2.24) is 20.4 Å². The number of carbonyl (C=O) groups is 2. The second-order valence-corrected chi connectivity index (χ2v) is 4.96. The summed E-state index contributed by atoms with van der Waals surface area (Å²) in [5.74, 6) is -0.0572. The van der Waals surface area contributed by atoms with Gasteiger partial charge >= 0.3 is 0 Å². The fraction of sp³-hybridized carbons (Fsp3) is 0.833. The van der Waals surface area contributed by atoms with Gasteiger partial charge in [-0.3, -0.25) is 14.5 Å². The molecule has 0 saturated carbocycles. The lowest BCUT2D eigenvalue weighted by Gasteiger charge is -2.41. The van der Waals surface area contributed by atoms with Crippen molar-refractivity contribution in [3.8, 4) is 0 Å². The van der Waals surface area contributed by atoms with Gasteiger partial charge in [0.15, 0.2) is 0 Å². The first-order valence-corrected chi connectivity index (χ1v) is 6.34. The SMILES string of the molecule is [13CH3][15NH]C(=O)CCNC(=O)C1C[15N]([13CH3])[13CH]([13CH3])[13CH2]N1[13CH3]. The Balaban J connectivity index is 2.39. The van der Waals surface area contributed by atoms with Crippen molar-refractivity contribution >= 4 is 11.8 Å². The number of amides is 2. The van der Waals surface area contributed by atoms with Gasteiger partial charge < -0.3 is 15.5 Å². The molecule has 18 heavy (non-hydrogen) atoms. The summed E-state index contributed by atoms with van der Waals surface area (Å²) < 4.78 is 0. The van der Waals surface area contributed by atoms with Crippen LogP contribution in [0.2, 0.25) is 0 Å². The zero-order valence-corrected chi connectivity index (χ0v) is 11.7. The van der Waals surface area contributed by atoms with Crippen molar-refractivity contribution in [1.29, 1.82) is 0 Å². The molecule has 2 atom stereocenters. The van der Waals surface area contributed by atoms with Gasteiger partial charge in [-0.1, -0.05) is 0 Å². The highest BCUT2D eigenvalue weighted by atomic mass is 16.2. The normalized spacial score (nSPS) is 25.8. The number of nitrogens with one attached hydrogen (secondary N) is 2. The standard InChI is InChI=1S/C12H24N4O2/c1-9-7-16(4)10(8-15(9)3)12(18)14-6-5-11(17)13-2/h9-10H,5-8H2,1-4H3,(H,13,17)(H,14,18)/i1+1,2+1,3+1,4+1,7+1,9+1,13+1,15+1. The molecule has 0 bridgehead atoms. The maximum absolute atomic E-state index is 12.0. The molecule has 0 aliphatic carbocycles. The molecule has 2 N–H and O–H groups in total. The van der Waals surface area contributed by atoms with Crippen LogP contribution < -0.4 is 10.6 Å². The molecule has 1 rings (SSSR count). The molecular formula is C12H24N4O2. The van der Waals surface area contributed by atoms with Crippen LogP contribution in [0.3, 0.4) is 0 Å². The quantitative estimate of drug-likeness (QED) is 0.498. The summed E-state index contributed by atoms with van der Waals surface area (Å²) in [5.41, 5.74) is 0. The van der Waals surface area contributed by atoms with Crippen molar-refractivity contribution in [2.75, 3.05) is 40.8 Å². The Labute approximate surface area is 109 Å². The lowest BCUT2D eigenvalue weighted by atomic mass is 10.2. The van der Waals surface area contributed by atoms with Crippen LogP contribution in [-0.4, -0.2) is 74.5 Å². The third-order valence-electron chi connectivity index (χ3n) is 3.53. The van der Waals surface area contributed by atoms with E-state index in [1.165, 1.54) is 0 Å². The van der Waals surface area contributed by atoms with E-state index in [0.717, 1.165) is 13.1 Å². The molecule has 0 aromatic heterocycles. The highest BCUT2D eigenvalue weighted by Crippen LogP contribution is 2.11. The van der Waals surface area contributed by atoms with Crippen molar-refractivity contribution in [2.45, 2.75) is 25.4 Å². The lowest BCUT2D eigenvalue weighted by Crippen LogP contribution is -2.59. The third-order valence-corrected chi connectivity index (χ3v) is 3.53. The van der Waals surface area contributed by atoms with Crippen LogP contribution in [0, 0.1) is 0 Å². The van der Waals surface area contributed by atoms with E-state index in [4.69, 9.17) is 0 Å². The monoisotopic (exact) mass is 264 g/mol. The number of nitrogens with zero attached hydrogens (tertiary/aromatic N) is 2. The summed E-state index contributed by atoms with van der Waals surface area (Å²) >= 11 is 0. The van der Waals surface area contributed by atoms with E-state index in [1.807, 2.05) is 14.1 Å². The number of rotatable bonds is 4. The van der Waals surface area contributed by atoms with Gasteiger partial charge in [-0.05, 0) is 21.0 Å². The van der Waals surface area contributed by atoms with E-state index in [9.17, 15) is 9.59 Å². The highest BCUT2D eigenvalue weighted by molar-refractivity contribution is 5.83. The summed E-state index contributed by atoms with van der Waals surface area (Å²) in [6, 6.07) is 0.334. The zero-order valence-electron chi connectivity index (χ0n) is 11.7. The number of hydrogen-bond acceptors (Lipinski definition) is 4. The van der Waals surface area contributed by atoms with Gasteiger partial charge in [-0.25, -0.2) is 0 Å². The summed E-state index contributed by atoms with van der Waals surface area (Å²) in [6.07, 6.45) is 0.324. The summed E-state index contributed by atoms with van der Waals surface area (Å²) in [6.45, 7) is 4.14. The van der Waals surface area contributed by atoms with Crippen LogP contribution in [0.5, 0.6) is 0 Å². The molecule has 2 unspecified atom stereocenters. The molecule has 0 spiro atoms. The van der Waals surface area contributed by atoms with E-state index in [0.29, 0.717) is 19.0 Å². The predicted octanol–water partition coefficient (Wildman–Crippen LogP) is -1.13. The van der Waals surface area contributed by atoms with Gasteiger partial charge in [0.1, 0.15) is 6.04 Å². The molecular weight excluding hydrogens is 240 g/mol. The van der Waals surface area contributed by atoms with Gasteiger partial charge in [0, 0.05) is 39.1 Å². The molecule has 1 fully saturated rings. The Morgan fingerprint density at radius 3 is 2.50 bits per heavy atom. The first-order chi connectivity index (χ1) is 8.45. The van der Waals surface area contributed by atoms with Crippen LogP contribution in [-0.2, 0) is 9.59 Å². The maximum atomic E-state index is 12.0. The zero-order chi connectivity index (χ0) is 13.7. The van der Waals surface area contributed by atoms with Crippen LogP contribution in [0.25, 0.3) is 0 Å². The molecule has 1 heterocycles. The molecule has 104 valence electrons. The van der Waals surface area contributed by atoms with Crippen molar-refractivity contribution in [3.05, 3.63) is 0 Å². The molecule has 0 aromatic carbocycles. The van der Waals surface area contributed by atoms with Gasteiger partial charge in [0.25, 0.3) is 0 Å². The Morgan fingerprint density at radius 2 is 1.89 bits per heavy atom. The first kappa shape index (κ1) is 14.9. The molecule has 2 amide bonds. The van der Waals surface area contributed by atoms with Crippen LogP contribution in [0.15, 0.2) is 0 Å². The number of likely N-dealkylation sites (N-methyl/N-ethyl adjacent to an activating group) is 2. The fourth-order valence-corrected chi connectivity index (χ4v) is 2.10. The molecule has 1 aliphatic rings. The fourth-order valence-electron chi connectivity index (χ4n) is 2.10. The first-order valence-electron chi connectivity index (χ1n) is 6.34. The van der Waals surface area contributed by atoms with Crippen molar-refractivity contribution in [3.63, 3.8) is 0 Å². The Hall–Kier alpha value is -1.14. The molecule has 1 saturated heterocycles. The minimum absolute atomic E-state index is 0.000142. The molecule has 0 aromatic rings. The average molecular weight is 264 g/mol. The smallest absolute Gasteiger partial charge is 0.238 e. The summed E-state index contributed by atoms with van der Waals surface area (Å²) in [4.78, 5) is 27.3. The second kappa shape index (κ2) is 6.70.